The molecule has 2 N–H and O–H groups in total. The molecule has 0 spiro atoms. The first-order chi connectivity index (χ1) is 9.98. The number of carbonyl (C=O) groups excluding carboxylic acids is 1. The number of hydrogen-bond donors (Lipinski definition) is 2. The average Bonchev–Trinajstić information content (AvgIpc) is 2.79. The van der Waals surface area contributed by atoms with Crippen molar-refractivity contribution in [3.05, 3.63) is 29.8 Å². The van der Waals surface area contributed by atoms with Gasteiger partial charge in [0.15, 0.2) is 9.84 Å². The van der Waals surface area contributed by atoms with Gasteiger partial charge in [0, 0.05) is 17.5 Å². The van der Waals surface area contributed by atoms with Gasteiger partial charge in [-0.1, -0.05) is 12.1 Å². The minimum atomic E-state index is -2.89. The second kappa shape index (κ2) is 7.29. The van der Waals surface area contributed by atoms with Crippen molar-refractivity contribution >= 4 is 33.2 Å². The van der Waals surface area contributed by atoms with Gasteiger partial charge < -0.3 is 10.4 Å². The number of sulfone groups is 1. The zero-order valence-corrected chi connectivity index (χ0v) is 13.3. The Kier molecular flexibility index (Phi) is 5.66. The number of anilines is 1. The third-order valence-electron chi connectivity index (χ3n) is 3.28. The highest BCUT2D eigenvalue weighted by molar-refractivity contribution is 8.02. The van der Waals surface area contributed by atoms with Crippen LogP contribution in [0.25, 0.3) is 0 Å². The second-order valence-corrected chi connectivity index (χ2v) is 8.57. The largest absolute Gasteiger partial charge is 0.396 e. The van der Waals surface area contributed by atoms with E-state index in [2.05, 4.69) is 5.32 Å². The highest BCUT2D eigenvalue weighted by atomic mass is 32.2. The Labute approximate surface area is 129 Å². The predicted molar refractivity (Wildman–Crippen MR) is 85.4 cm³/mol. The summed E-state index contributed by atoms with van der Waals surface area (Å²) in [6.45, 7) is 0.104. The van der Waals surface area contributed by atoms with Crippen LogP contribution in [0.4, 0.5) is 5.69 Å². The molecule has 7 heteroatoms. The highest BCUT2D eigenvalue weighted by Gasteiger charge is 2.28. The van der Waals surface area contributed by atoms with Gasteiger partial charge in [-0.3, -0.25) is 4.79 Å². The van der Waals surface area contributed by atoms with E-state index in [1.807, 2.05) is 12.1 Å². The predicted octanol–water partition coefficient (Wildman–Crippen LogP) is 1.08. The molecule has 0 bridgehead atoms. The van der Waals surface area contributed by atoms with E-state index in [0.29, 0.717) is 18.5 Å². The number of thioether (sulfide) groups is 1. The Morgan fingerprint density at radius 3 is 2.62 bits per heavy atom. The molecule has 21 heavy (non-hydrogen) atoms. The van der Waals surface area contributed by atoms with E-state index in [0.717, 1.165) is 5.56 Å². The summed E-state index contributed by atoms with van der Waals surface area (Å²) in [5.74, 6) is 0.553. The Morgan fingerprint density at radius 1 is 1.33 bits per heavy atom. The molecule has 1 atom stereocenters. The summed E-state index contributed by atoms with van der Waals surface area (Å²) in [5.41, 5.74) is 1.72. The van der Waals surface area contributed by atoms with E-state index >= 15 is 0 Å². The zero-order chi connectivity index (χ0) is 15.3. The molecule has 1 unspecified atom stereocenters. The standard InChI is InChI=1S/C14H19NO4S2/c16-7-5-11-1-3-12(4-2-11)15-14(17)9-20-13-6-8-21(18,19)10-13/h1-4,13,16H,5-10H2,(H,15,17). The molecule has 1 aromatic carbocycles. The van der Waals surface area contributed by atoms with Crippen molar-refractivity contribution in [3.63, 3.8) is 0 Å². The lowest BCUT2D eigenvalue weighted by atomic mass is 10.1. The molecule has 0 saturated carbocycles. The van der Waals surface area contributed by atoms with Crippen LogP contribution in [0.1, 0.15) is 12.0 Å². The third-order valence-corrected chi connectivity index (χ3v) is 6.56. The summed E-state index contributed by atoms with van der Waals surface area (Å²) in [4.78, 5) is 11.8. The van der Waals surface area contributed by atoms with E-state index in [-0.39, 0.29) is 35.0 Å². The van der Waals surface area contributed by atoms with Crippen LogP contribution in [-0.2, 0) is 21.1 Å². The van der Waals surface area contributed by atoms with Gasteiger partial charge in [-0.05, 0) is 30.5 Å². The number of hydrogen-bond acceptors (Lipinski definition) is 5. The zero-order valence-electron chi connectivity index (χ0n) is 11.6. The Hall–Kier alpha value is -1.05. The summed E-state index contributed by atoms with van der Waals surface area (Å²) in [6, 6.07) is 7.33. The number of carbonyl (C=O) groups is 1. The lowest BCUT2D eigenvalue weighted by Gasteiger charge is -2.09. The van der Waals surface area contributed by atoms with Crippen molar-refractivity contribution < 1.29 is 18.3 Å². The molecule has 1 amide bonds. The maximum atomic E-state index is 11.8. The van der Waals surface area contributed by atoms with Gasteiger partial charge in [0.05, 0.1) is 17.3 Å². The number of benzene rings is 1. The van der Waals surface area contributed by atoms with Crippen molar-refractivity contribution in [1.29, 1.82) is 0 Å². The molecule has 1 heterocycles. The summed E-state index contributed by atoms with van der Waals surface area (Å²) in [7, 11) is -2.89. The van der Waals surface area contributed by atoms with Crippen molar-refractivity contribution in [2.24, 2.45) is 0 Å². The number of amides is 1. The smallest absolute Gasteiger partial charge is 0.234 e. The van der Waals surface area contributed by atoms with Crippen molar-refractivity contribution in [3.8, 4) is 0 Å². The lowest BCUT2D eigenvalue weighted by molar-refractivity contribution is -0.113. The average molecular weight is 329 g/mol. The monoisotopic (exact) mass is 329 g/mol. The number of rotatable bonds is 6. The number of aliphatic hydroxyl groups is 1. The molecule has 2 rings (SSSR count). The van der Waals surface area contributed by atoms with Crippen LogP contribution in [-0.4, -0.2) is 48.5 Å². The molecule has 1 fully saturated rings. The van der Waals surface area contributed by atoms with Gasteiger partial charge in [0.25, 0.3) is 0 Å². The van der Waals surface area contributed by atoms with Gasteiger partial charge in [0.2, 0.25) is 5.91 Å². The van der Waals surface area contributed by atoms with Crippen molar-refractivity contribution in [2.75, 3.05) is 29.2 Å². The van der Waals surface area contributed by atoms with E-state index in [9.17, 15) is 13.2 Å². The van der Waals surface area contributed by atoms with Gasteiger partial charge in [-0.15, -0.1) is 11.8 Å². The van der Waals surface area contributed by atoms with E-state index in [4.69, 9.17) is 5.11 Å². The van der Waals surface area contributed by atoms with Crippen LogP contribution in [0.3, 0.4) is 0 Å². The Bertz CT molecular complexity index is 583. The molecule has 1 aliphatic heterocycles. The SMILES string of the molecule is O=C(CSC1CCS(=O)(=O)C1)Nc1ccc(CCO)cc1. The molecule has 1 aromatic rings. The van der Waals surface area contributed by atoms with Gasteiger partial charge in [-0.2, -0.15) is 0 Å². The van der Waals surface area contributed by atoms with Crippen molar-refractivity contribution in [1.82, 2.24) is 0 Å². The normalized spacial score (nSPS) is 20.3. The molecule has 0 radical (unpaired) electrons. The highest BCUT2D eigenvalue weighted by Crippen LogP contribution is 2.24. The Morgan fingerprint density at radius 2 is 2.05 bits per heavy atom. The molecule has 5 nitrogen and oxygen atoms in total. The fraction of sp³-hybridized carbons (Fsp3) is 0.500. The maximum absolute atomic E-state index is 11.8. The molecule has 1 aliphatic rings. The fourth-order valence-corrected chi connectivity index (χ4v) is 5.61. The first-order valence-electron chi connectivity index (χ1n) is 6.80. The molecule has 0 aliphatic carbocycles. The summed E-state index contributed by atoms with van der Waals surface area (Å²) < 4.78 is 22.7. The molecule has 116 valence electrons. The van der Waals surface area contributed by atoms with Crippen molar-refractivity contribution in [2.45, 2.75) is 18.1 Å². The number of aliphatic hydroxyl groups excluding tert-OH is 1. The third kappa shape index (κ3) is 5.33. The van der Waals surface area contributed by atoms with Gasteiger partial charge in [0.1, 0.15) is 0 Å². The molecular formula is C14H19NO4S2. The Balaban J connectivity index is 1.76. The molecule has 1 saturated heterocycles. The molecule has 0 aromatic heterocycles. The minimum absolute atomic E-state index is 0.0349. The maximum Gasteiger partial charge on any atom is 0.234 e. The van der Waals surface area contributed by atoms with E-state index in [1.54, 1.807) is 12.1 Å². The van der Waals surface area contributed by atoms with E-state index in [1.165, 1.54) is 11.8 Å². The first-order valence-corrected chi connectivity index (χ1v) is 9.67. The van der Waals surface area contributed by atoms with Gasteiger partial charge in [-0.25, -0.2) is 8.42 Å². The van der Waals surface area contributed by atoms with Crippen LogP contribution in [0.5, 0.6) is 0 Å². The van der Waals surface area contributed by atoms with E-state index < -0.39 is 9.84 Å². The lowest BCUT2D eigenvalue weighted by Crippen LogP contribution is -2.17. The van der Waals surface area contributed by atoms with Gasteiger partial charge >= 0.3 is 0 Å². The topological polar surface area (TPSA) is 83.5 Å². The fourth-order valence-electron chi connectivity index (χ4n) is 2.17. The quantitative estimate of drug-likeness (QED) is 0.816. The van der Waals surface area contributed by atoms with Crippen LogP contribution >= 0.6 is 11.8 Å². The van der Waals surface area contributed by atoms with Crippen LogP contribution < -0.4 is 5.32 Å². The van der Waals surface area contributed by atoms with Crippen LogP contribution in [0, 0.1) is 0 Å². The molecular weight excluding hydrogens is 310 g/mol. The minimum Gasteiger partial charge on any atom is -0.396 e. The summed E-state index contributed by atoms with van der Waals surface area (Å²) >= 11 is 1.40. The summed E-state index contributed by atoms with van der Waals surface area (Å²) in [6.07, 6.45) is 1.23. The summed E-state index contributed by atoms with van der Waals surface area (Å²) in [5, 5.41) is 11.6. The first kappa shape index (κ1) is 16.3. The van der Waals surface area contributed by atoms with Crippen LogP contribution in [0.15, 0.2) is 24.3 Å². The second-order valence-electron chi connectivity index (χ2n) is 5.05. The van der Waals surface area contributed by atoms with Crippen LogP contribution in [0.2, 0.25) is 0 Å². The number of nitrogens with one attached hydrogen (secondary N) is 1.